The second-order valence-electron chi connectivity index (χ2n) is 3.97. The molecule has 0 aliphatic rings. The van der Waals surface area contributed by atoms with E-state index in [9.17, 15) is 4.79 Å². The van der Waals surface area contributed by atoms with Crippen molar-refractivity contribution in [1.29, 1.82) is 0 Å². The molecule has 2 amide bonds. The van der Waals surface area contributed by atoms with Gasteiger partial charge in [0.25, 0.3) is 0 Å². The summed E-state index contributed by atoms with van der Waals surface area (Å²) in [6.45, 7) is 3.62. The molecule has 0 saturated heterocycles. The fourth-order valence-corrected chi connectivity index (χ4v) is 1.91. The van der Waals surface area contributed by atoms with Gasteiger partial charge in [0.15, 0.2) is 0 Å². The Morgan fingerprint density at radius 1 is 1.47 bits per heavy atom. The second-order valence-corrected chi connectivity index (χ2v) is 4.80. The van der Waals surface area contributed by atoms with Crippen LogP contribution < -0.4 is 9.62 Å². The molecule has 0 radical (unpaired) electrons. The first-order chi connectivity index (χ1) is 8.97. The van der Waals surface area contributed by atoms with E-state index in [1.807, 2.05) is 13.0 Å². The zero-order valence-electron chi connectivity index (χ0n) is 10.3. The Morgan fingerprint density at radius 2 is 2.21 bits per heavy atom. The topological polar surface area (TPSA) is 58.4 Å². The van der Waals surface area contributed by atoms with E-state index in [-0.39, 0.29) is 6.01 Å². The van der Waals surface area contributed by atoms with Gasteiger partial charge in [-0.05, 0) is 31.5 Å². The van der Waals surface area contributed by atoms with Crippen molar-refractivity contribution >= 4 is 42.1 Å². The van der Waals surface area contributed by atoms with Crippen molar-refractivity contribution in [1.82, 2.24) is 4.98 Å². The summed E-state index contributed by atoms with van der Waals surface area (Å²) in [6.07, 6.45) is 1.45. The number of carbonyl (C=O) groups excluding carboxylic acids is 1. The number of halogens is 1. The van der Waals surface area contributed by atoms with Crippen LogP contribution in [0.15, 0.2) is 28.9 Å². The maximum Gasteiger partial charge on any atom is 0.339 e. The number of oxazole rings is 1. The standard InChI is InChI=1S/C12H12ClN3O2S/c1-7-3-4-9(13)5-10(7)16(19)12(17)15-11-14-8(2)6-18-11/h3-6,19H,1-2H3,(H,14,15,17). The average Bonchev–Trinajstić information content (AvgIpc) is 2.77. The first-order valence-electron chi connectivity index (χ1n) is 5.45. The van der Waals surface area contributed by atoms with E-state index in [1.54, 1.807) is 19.1 Å². The highest BCUT2D eigenvalue weighted by atomic mass is 35.5. The maximum atomic E-state index is 12.0. The van der Waals surface area contributed by atoms with Crippen molar-refractivity contribution in [2.75, 3.05) is 9.62 Å². The maximum absolute atomic E-state index is 12.0. The zero-order valence-corrected chi connectivity index (χ0v) is 12.0. The van der Waals surface area contributed by atoms with E-state index in [0.717, 1.165) is 9.87 Å². The molecule has 0 fully saturated rings. The number of rotatable bonds is 2. The van der Waals surface area contributed by atoms with Gasteiger partial charge in [0, 0.05) is 5.02 Å². The van der Waals surface area contributed by atoms with Crippen LogP contribution in [-0.4, -0.2) is 11.0 Å². The van der Waals surface area contributed by atoms with E-state index in [2.05, 4.69) is 23.1 Å². The number of nitrogens with zero attached hydrogens (tertiary/aromatic N) is 2. The Kier molecular flexibility index (Phi) is 4.01. The van der Waals surface area contributed by atoms with Crippen molar-refractivity contribution < 1.29 is 9.21 Å². The molecule has 19 heavy (non-hydrogen) atoms. The zero-order chi connectivity index (χ0) is 14.0. The van der Waals surface area contributed by atoms with Gasteiger partial charge < -0.3 is 4.42 Å². The van der Waals surface area contributed by atoms with E-state index in [0.29, 0.717) is 16.4 Å². The Labute approximate surface area is 121 Å². The van der Waals surface area contributed by atoms with Gasteiger partial charge in [-0.15, -0.1) is 0 Å². The van der Waals surface area contributed by atoms with Crippen LogP contribution in [0.25, 0.3) is 0 Å². The molecule has 5 nitrogen and oxygen atoms in total. The lowest BCUT2D eigenvalue weighted by molar-refractivity contribution is 0.259. The Bertz CT molecular complexity index is 615. The molecule has 0 spiro atoms. The lowest BCUT2D eigenvalue weighted by Crippen LogP contribution is -2.27. The third-order valence-electron chi connectivity index (χ3n) is 2.42. The van der Waals surface area contributed by atoms with Gasteiger partial charge in [0.05, 0.1) is 11.4 Å². The van der Waals surface area contributed by atoms with Crippen LogP contribution in [0.4, 0.5) is 16.5 Å². The van der Waals surface area contributed by atoms with Gasteiger partial charge in [0.1, 0.15) is 6.26 Å². The monoisotopic (exact) mass is 297 g/mol. The molecule has 7 heteroatoms. The van der Waals surface area contributed by atoms with E-state index in [1.165, 1.54) is 6.26 Å². The van der Waals surface area contributed by atoms with Gasteiger partial charge in [-0.25, -0.2) is 9.10 Å². The predicted molar refractivity (Wildman–Crippen MR) is 77.9 cm³/mol. The van der Waals surface area contributed by atoms with Crippen molar-refractivity contribution in [3.63, 3.8) is 0 Å². The van der Waals surface area contributed by atoms with E-state index < -0.39 is 6.03 Å². The second kappa shape index (κ2) is 5.54. The summed E-state index contributed by atoms with van der Waals surface area (Å²) in [5, 5.41) is 3.02. The van der Waals surface area contributed by atoms with Gasteiger partial charge in [-0.1, -0.05) is 30.5 Å². The van der Waals surface area contributed by atoms with Crippen molar-refractivity contribution in [3.05, 3.63) is 40.7 Å². The van der Waals surface area contributed by atoms with Gasteiger partial charge in [-0.3, -0.25) is 5.32 Å². The van der Waals surface area contributed by atoms with Crippen molar-refractivity contribution in [2.24, 2.45) is 0 Å². The fraction of sp³-hybridized carbons (Fsp3) is 0.167. The lowest BCUT2D eigenvalue weighted by atomic mass is 10.2. The summed E-state index contributed by atoms with van der Waals surface area (Å²) in [6, 6.07) is 4.86. The normalized spacial score (nSPS) is 10.3. The number of urea groups is 1. The first kappa shape index (κ1) is 13.8. The summed E-state index contributed by atoms with van der Waals surface area (Å²) in [7, 11) is 0. The number of carbonyl (C=O) groups is 1. The van der Waals surface area contributed by atoms with Gasteiger partial charge in [0.2, 0.25) is 0 Å². The molecule has 100 valence electrons. The number of hydrogen-bond donors (Lipinski definition) is 2. The molecular weight excluding hydrogens is 286 g/mol. The molecule has 0 bridgehead atoms. The van der Waals surface area contributed by atoms with Crippen LogP contribution in [0.5, 0.6) is 0 Å². The molecule has 1 aromatic carbocycles. The summed E-state index contributed by atoms with van der Waals surface area (Å²) in [5.41, 5.74) is 2.15. The highest BCUT2D eigenvalue weighted by molar-refractivity contribution is 7.82. The van der Waals surface area contributed by atoms with Crippen LogP contribution in [0.1, 0.15) is 11.3 Å². The van der Waals surface area contributed by atoms with Crippen LogP contribution in [0.3, 0.4) is 0 Å². The summed E-state index contributed by atoms with van der Waals surface area (Å²) >= 11 is 10.1. The summed E-state index contributed by atoms with van der Waals surface area (Å²) in [4.78, 5) is 16.0. The van der Waals surface area contributed by atoms with Crippen LogP contribution in [-0.2, 0) is 0 Å². The summed E-state index contributed by atoms with van der Waals surface area (Å²) in [5.74, 6) is 0. The van der Waals surface area contributed by atoms with E-state index >= 15 is 0 Å². The number of hydrogen-bond acceptors (Lipinski definition) is 4. The molecule has 2 rings (SSSR count). The molecule has 0 aliphatic carbocycles. The molecule has 0 atom stereocenters. The Morgan fingerprint density at radius 3 is 2.84 bits per heavy atom. The number of thiol groups is 1. The summed E-state index contributed by atoms with van der Waals surface area (Å²) < 4.78 is 6.20. The van der Waals surface area contributed by atoms with Crippen LogP contribution >= 0.6 is 24.4 Å². The number of nitrogens with one attached hydrogen (secondary N) is 1. The third kappa shape index (κ3) is 3.21. The highest BCUT2D eigenvalue weighted by Gasteiger charge is 2.16. The van der Waals surface area contributed by atoms with Crippen LogP contribution in [0.2, 0.25) is 5.02 Å². The average molecular weight is 298 g/mol. The van der Waals surface area contributed by atoms with Crippen molar-refractivity contribution in [3.8, 4) is 0 Å². The van der Waals surface area contributed by atoms with Crippen molar-refractivity contribution in [2.45, 2.75) is 13.8 Å². The molecule has 1 N–H and O–H groups in total. The van der Waals surface area contributed by atoms with Crippen LogP contribution in [0, 0.1) is 13.8 Å². The minimum absolute atomic E-state index is 0.126. The molecule has 1 heterocycles. The molecule has 1 aromatic heterocycles. The van der Waals surface area contributed by atoms with Gasteiger partial charge >= 0.3 is 12.0 Å². The third-order valence-corrected chi connectivity index (χ3v) is 3.06. The number of anilines is 2. The quantitative estimate of drug-likeness (QED) is 0.828. The molecular formula is C12H12ClN3O2S. The minimum Gasteiger partial charge on any atom is -0.432 e. The first-order valence-corrected chi connectivity index (χ1v) is 6.23. The molecule has 0 unspecified atom stereocenters. The smallest absolute Gasteiger partial charge is 0.339 e. The molecule has 0 aliphatic heterocycles. The number of benzene rings is 1. The Balaban J connectivity index is 2.16. The number of amides is 2. The minimum atomic E-state index is -0.476. The molecule has 0 saturated carbocycles. The number of aromatic nitrogens is 1. The SMILES string of the molecule is Cc1coc(NC(=O)N(S)c2cc(Cl)ccc2C)n1. The predicted octanol–water partition coefficient (Wildman–Crippen LogP) is 3.83. The largest absolute Gasteiger partial charge is 0.432 e. The van der Waals surface area contributed by atoms with Gasteiger partial charge in [-0.2, -0.15) is 4.98 Å². The lowest BCUT2D eigenvalue weighted by Gasteiger charge is -2.17. The molecule has 2 aromatic rings. The Hall–Kier alpha value is -1.66. The van der Waals surface area contributed by atoms with E-state index in [4.69, 9.17) is 16.0 Å². The fourth-order valence-electron chi connectivity index (χ4n) is 1.48. The highest BCUT2D eigenvalue weighted by Crippen LogP contribution is 2.26. The number of aryl methyl sites for hydroxylation is 2.